The molecular weight excluding hydrogens is 243 g/mol. The van der Waals surface area contributed by atoms with Gasteiger partial charge in [-0.2, -0.15) is 8.42 Å². The maximum atomic E-state index is 11.4. The van der Waals surface area contributed by atoms with Gasteiger partial charge in [-0.1, -0.05) is 18.2 Å². The van der Waals surface area contributed by atoms with E-state index in [-0.39, 0.29) is 41.4 Å². The first-order chi connectivity index (χ1) is 6.97. The van der Waals surface area contributed by atoms with Crippen LogP contribution in [0.4, 0.5) is 0 Å². The summed E-state index contributed by atoms with van der Waals surface area (Å²) in [5, 5.41) is 0. The summed E-state index contributed by atoms with van der Waals surface area (Å²) in [6.45, 7) is 0.973. The van der Waals surface area contributed by atoms with Gasteiger partial charge < -0.3 is 5.61 Å². The summed E-state index contributed by atoms with van der Waals surface area (Å²) in [6, 6.07) is 5.46. The molecule has 0 saturated heterocycles. The Hall–Kier alpha value is -0.690. The van der Waals surface area contributed by atoms with E-state index < -0.39 is 16.1 Å². The largest absolute Gasteiger partial charge is 1.00 e. The second-order valence-electron chi connectivity index (χ2n) is 2.68. The Morgan fingerprint density at radius 2 is 1.94 bits per heavy atom. The van der Waals surface area contributed by atoms with Gasteiger partial charge >= 0.3 is 45.6 Å². The van der Waals surface area contributed by atoms with Gasteiger partial charge in [0.05, 0.1) is 0 Å². The molecule has 16 heavy (non-hydrogen) atoms. The van der Waals surface area contributed by atoms with E-state index in [2.05, 4.69) is 4.18 Å². The van der Waals surface area contributed by atoms with E-state index >= 15 is 0 Å². The van der Waals surface area contributed by atoms with Crippen molar-refractivity contribution in [3.63, 3.8) is 0 Å². The Labute approximate surface area is 117 Å². The van der Waals surface area contributed by atoms with Crippen LogP contribution in [0.2, 0.25) is 0 Å². The third-order valence-electron chi connectivity index (χ3n) is 1.54. The van der Waals surface area contributed by atoms with Gasteiger partial charge in [-0.3, -0.25) is 9.59 Å². The molecule has 0 atom stereocenters. The van der Waals surface area contributed by atoms with Crippen LogP contribution in [0.25, 0.3) is 0 Å². The molecule has 1 aromatic rings. The summed E-state index contributed by atoms with van der Waals surface area (Å²) in [6.07, 6.45) is 0.385. The summed E-state index contributed by atoms with van der Waals surface area (Å²) >= 11 is 0. The van der Waals surface area contributed by atoms with Crippen LogP contribution in [0, 0.1) is 0 Å². The van der Waals surface area contributed by atoms with E-state index in [4.69, 9.17) is 0 Å². The van der Waals surface area contributed by atoms with Crippen molar-refractivity contribution in [3.8, 4) is 0 Å². The van der Waals surface area contributed by atoms with Gasteiger partial charge in [-0.05, 0) is 6.07 Å². The van der Waals surface area contributed by atoms with Crippen LogP contribution >= 0.6 is 0 Å². The average Bonchev–Trinajstić information content (AvgIpc) is 2.16. The Balaban J connectivity index is 0. The van der Waals surface area contributed by atoms with Crippen LogP contribution in [0.15, 0.2) is 29.2 Å². The molecule has 0 aliphatic heterocycles. The fourth-order valence-electron chi connectivity index (χ4n) is 1.00. The van der Waals surface area contributed by atoms with Gasteiger partial charge in [0.2, 0.25) is 0 Å². The smallest absolute Gasteiger partial charge is 1.00 e. The molecular formula is C9H9NaO5S. The zero-order valence-corrected chi connectivity index (χ0v) is 11.7. The SMILES string of the molecule is CC(=O)OS(=O)(=O)c1ccccc1C=O.[H-].[Na+]. The van der Waals surface area contributed by atoms with E-state index in [1.54, 1.807) is 0 Å². The average molecular weight is 252 g/mol. The Bertz CT molecular complexity index is 500. The predicted molar refractivity (Wildman–Crippen MR) is 51.9 cm³/mol. The van der Waals surface area contributed by atoms with Crippen LogP contribution in [0.5, 0.6) is 0 Å². The van der Waals surface area contributed by atoms with Crippen LogP contribution in [0.1, 0.15) is 18.7 Å². The number of rotatable bonds is 3. The molecule has 82 valence electrons. The molecule has 1 rings (SSSR count). The van der Waals surface area contributed by atoms with Crippen molar-refractivity contribution in [1.29, 1.82) is 0 Å². The Kier molecular flexibility index (Phi) is 5.88. The molecule has 0 unspecified atom stereocenters. The van der Waals surface area contributed by atoms with Crippen LogP contribution in [0.3, 0.4) is 0 Å². The molecule has 0 bridgehead atoms. The topological polar surface area (TPSA) is 77.5 Å². The van der Waals surface area contributed by atoms with Gasteiger partial charge in [0.1, 0.15) is 4.90 Å². The van der Waals surface area contributed by atoms with Crippen molar-refractivity contribution in [1.82, 2.24) is 0 Å². The van der Waals surface area contributed by atoms with Crippen molar-refractivity contribution in [2.45, 2.75) is 11.8 Å². The zero-order chi connectivity index (χ0) is 11.5. The van der Waals surface area contributed by atoms with Crippen molar-refractivity contribution in [2.24, 2.45) is 0 Å². The number of carbonyl (C=O) groups excluding carboxylic acids is 2. The Morgan fingerprint density at radius 1 is 1.38 bits per heavy atom. The molecule has 1 aromatic carbocycles. The van der Waals surface area contributed by atoms with Crippen LogP contribution in [-0.4, -0.2) is 20.7 Å². The Morgan fingerprint density at radius 3 is 2.44 bits per heavy atom. The minimum atomic E-state index is -4.18. The first kappa shape index (κ1) is 15.3. The van der Waals surface area contributed by atoms with Crippen molar-refractivity contribution in [3.05, 3.63) is 29.8 Å². The second kappa shape index (κ2) is 6.15. The quantitative estimate of drug-likeness (QED) is 0.349. The molecule has 7 heteroatoms. The molecule has 0 N–H and O–H groups in total. The van der Waals surface area contributed by atoms with Gasteiger partial charge in [0.15, 0.2) is 6.29 Å². The first-order valence-electron chi connectivity index (χ1n) is 3.96. The number of hydrogen-bond donors (Lipinski definition) is 0. The normalized spacial score (nSPS) is 10.1. The predicted octanol–water partition coefficient (Wildman–Crippen LogP) is -2.13. The maximum Gasteiger partial charge on any atom is 1.00 e. The number of aldehydes is 1. The molecule has 0 radical (unpaired) electrons. The van der Waals surface area contributed by atoms with Gasteiger partial charge in [-0.25, -0.2) is 0 Å². The third kappa shape index (κ3) is 3.71. The molecule has 0 aliphatic rings. The van der Waals surface area contributed by atoms with Crippen molar-refractivity contribution < 1.29 is 53.2 Å². The standard InChI is InChI=1S/C9H8O5S.Na.H/c1-7(11)14-15(12,13)9-5-3-2-4-8(9)6-10;;/h2-6H,1H3;;/q;+1;-1. The van der Waals surface area contributed by atoms with E-state index in [1.165, 1.54) is 24.3 Å². The number of benzene rings is 1. The number of hydrogen-bond acceptors (Lipinski definition) is 5. The minimum Gasteiger partial charge on any atom is -1.00 e. The first-order valence-corrected chi connectivity index (χ1v) is 5.37. The molecule has 0 aliphatic carbocycles. The van der Waals surface area contributed by atoms with E-state index in [0.29, 0.717) is 6.29 Å². The van der Waals surface area contributed by atoms with E-state index in [1.807, 2.05) is 0 Å². The molecule has 0 aromatic heterocycles. The van der Waals surface area contributed by atoms with Crippen molar-refractivity contribution in [2.75, 3.05) is 0 Å². The fourth-order valence-corrected chi connectivity index (χ4v) is 2.05. The summed E-state index contributed by atoms with van der Waals surface area (Å²) in [7, 11) is -4.18. The van der Waals surface area contributed by atoms with Gasteiger partial charge in [0, 0.05) is 12.5 Å². The summed E-state index contributed by atoms with van der Waals surface area (Å²) < 4.78 is 27.0. The molecule has 0 fully saturated rings. The zero-order valence-electron chi connectivity index (χ0n) is 9.84. The molecule has 0 heterocycles. The number of carbonyl (C=O) groups is 2. The maximum absolute atomic E-state index is 11.4. The van der Waals surface area contributed by atoms with Crippen LogP contribution in [-0.2, 0) is 19.1 Å². The molecule has 5 nitrogen and oxygen atoms in total. The molecule has 0 spiro atoms. The van der Waals surface area contributed by atoms with Crippen LogP contribution < -0.4 is 29.6 Å². The van der Waals surface area contributed by atoms with E-state index in [9.17, 15) is 18.0 Å². The minimum absolute atomic E-state index is 0. The van der Waals surface area contributed by atoms with Crippen molar-refractivity contribution >= 4 is 22.4 Å². The van der Waals surface area contributed by atoms with Gasteiger partial charge in [-0.15, -0.1) is 0 Å². The molecule has 0 saturated carbocycles. The summed E-state index contributed by atoms with van der Waals surface area (Å²) in [4.78, 5) is 20.8. The van der Waals surface area contributed by atoms with Gasteiger partial charge in [0.25, 0.3) is 0 Å². The monoisotopic (exact) mass is 252 g/mol. The summed E-state index contributed by atoms with van der Waals surface area (Å²) in [5.41, 5.74) is -0.0428. The summed E-state index contributed by atoms with van der Waals surface area (Å²) in [5.74, 6) is -0.948. The molecule has 0 amide bonds. The van der Waals surface area contributed by atoms with E-state index in [0.717, 1.165) is 6.92 Å². The third-order valence-corrected chi connectivity index (χ3v) is 2.91. The fraction of sp³-hybridized carbons (Fsp3) is 0.111. The second-order valence-corrected chi connectivity index (χ2v) is 4.20.